The normalized spacial score (nSPS) is 17.5. The molecule has 1 aliphatic rings. The maximum atomic E-state index is 11.2. The van der Waals surface area contributed by atoms with E-state index in [1.807, 2.05) is 0 Å². The zero-order valence-corrected chi connectivity index (χ0v) is 8.38. The summed E-state index contributed by atoms with van der Waals surface area (Å²) < 4.78 is 0. The molecule has 0 heterocycles. The molecule has 0 aliphatic heterocycles. The fourth-order valence-electron chi connectivity index (χ4n) is 1.20. The molecule has 1 atom stereocenters. The van der Waals surface area contributed by atoms with Crippen LogP contribution in [0.15, 0.2) is 0 Å². The molecule has 1 saturated carbocycles. The van der Waals surface area contributed by atoms with E-state index in [1.54, 1.807) is 6.92 Å². The van der Waals surface area contributed by atoms with Crippen LogP contribution >= 0.6 is 0 Å². The molecule has 14 heavy (non-hydrogen) atoms. The average Bonchev–Trinajstić information content (AvgIpc) is 2.81. The summed E-state index contributed by atoms with van der Waals surface area (Å²) in [5.74, 6) is -0.474. The molecule has 0 aromatic heterocycles. The number of hydrogen-bond donors (Lipinski definition) is 3. The highest BCUT2D eigenvalue weighted by molar-refractivity contribution is 5.80. The number of primary amides is 1. The van der Waals surface area contributed by atoms with Gasteiger partial charge in [-0.25, -0.2) is 0 Å². The lowest BCUT2D eigenvalue weighted by atomic mass is 10.2. The van der Waals surface area contributed by atoms with Crippen molar-refractivity contribution in [2.24, 2.45) is 5.73 Å². The zero-order chi connectivity index (χ0) is 10.6. The molecule has 0 aromatic rings. The summed E-state index contributed by atoms with van der Waals surface area (Å²) in [6.45, 7) is 2.09. The summed E-state index contributed by atoms with van der Waals surface area (Å²) in [5.41, 5.74) is 5.00. The lowest BCUT2D eigenvalue weighted by Gasteiger charge is -2.11. The number of carbonyl (C=O) groups is 2. The van der Waals surface area contributed by atoms with E-state index in [-0.39, 0.29) is 18.4 Å². The largest absolute Gasteiger partial charge is 0.370 e. The van der Waals surface area contributed by atoms with Crippen molar-refractivity contribution >= 4 is 11.8 Å². The minimum atomic E-state index is -0.395. The van der Waals surface area contributed by atoms with E-state index >= 15 is 0 Å². The van der Waals surface area contributed by atoms with Crippen LogP contribution in [-0.2, 0) is 9.59 Å². The van der Waals surface area contributed by atoms with Crippen LogP contribution in [-0.4, -0.2) is 30.4 Å². The molecule has 80 valence electrons. The highest BCUT2D eigenvalue weighted by Gasteiger charge is 2.21. The highest BCUT2D eigenvalue weighted by atomic mass is 16.2. The molecule has 0 saturated heterocycles. The van der Waals surface area contributed by atoms with E-state index in [0.717, 1.165) is 12.8 Å². The molecule has 5 heteroatoms. The Morgan fingerprint density at radius 2 is 2.14 bits per heavy atom. The van der Waals surface area contributed by atoms with Gasteiger partial charge in [0.25, 0.3) is 0 Å². The van der Waals surface area contributed by atoms with Crippen molar-refractivity contribution in [3.05, 3.63) is 0 Å². The Bertz CT molecular complexity index is 226. The van der Waals surface area contributed by atoms with Gasteiger partial charge >= 0.3 is 0 Å². The van der Waals surface area contributed by atoms with E-state index in [2.05, 4.69) is 10.6 Å². The SMILES string of the molecule is CC(CC(N)=O)NC(=O)CNC1CC1. The van der Waals surface area contributed by atoms with Crippen LogP contribution in [0.1, 0.15) is 26.2 Å². The van der Waals surface area contributed by atoms with Crippen molar-refractivity contribution in [1.29, 1.82) is 0 Å². The van der Waals surface area contributed by atoms with Crippen LogP contribution in [0.4, 0.5) is 0 Å². The molecule has 1 rings (SSSR count). The second-order valence-electron chi connectivity index (χ2n) is 3.79. The molecular weight excluding hydrogens is 182 g/mol. The first-order valence-corrected chi connectivity index (χ1v) is 4.89. The van der Waals surface area contributed by atoms with Gasteiger partial charge in [-0.05, 0) is 19.8 Å². The first-order chi connectivity index (χ1) is 6.58. The van der Waals surface area contributed by atoms with Crippen molar-refractivity contribution in [1.82, 2.24) is 10.6 Å². The molecule has 0 radical (unpaired) electrons. The molecule has 4 N–H and O–H groups in total. The van der Waals surface area contributed by atoms with E-state index in [1.165, 1.54) is 0 Å². The van der Waals surface area contributed by atoms with Crippen molar-refractivity contribution in [2.75, 3.05) is 6.54 Å². The topological polar surface area (TPSA) is 84.2 Å². The highest BCUT2D eigenvalue weighted by Crippen LogP contribution is 2.17. The Balaban J connectivity index is 2.08. The third-order valence-electron chi connectivity index (χ3n) is 2.04. The minimum Gasteiger partial charge on any atom is -0.370 e. The Hall–Kier alpha value is -1.10. The van der Waals surface area contributed by atoms with Gasteiger partial charge in [-0.3, -0.25) is 9.59 Å². The molecular formula is C9H17N3O2. The summed E-state index contributed by atoms with van der Waals surface area (Å²) in [7, 11) is 0. The molecule has 2 amide bonds. The van der Waals surface area contributed by atoms with Gasteiger partial charge in [-0.2, -0.15) is 0 Å². The minimum absolute atomic E-state index is 0.0781. The van der Waals surface area contributed by atoms with Crippen molar-refractivity contribution in [3.63, 3.8) is 0 Å². The number of rotatable bonds is 6. The van der Waals surface area contributed by atoms with Crippen molar-refractivity contribution in [3.8, 4) is 0 Å². The predicted molar refractivity (Wildman–Crippen MR) is 52.4 cm³/mol. The van der Waals surface area contributed by atoms with Crippen LogP contribution in [0, 0.1) is 0 Å². The molecule has 1 aliphatic carbocycles. The molecule has 0 spiro atoms. The van der Waals surface area contributed by atoms with Gasteiger partial charge in [0.2, 0.25) is 11.8 Å². The van der Waals surface area contributed by atoms with E-state index in [9.17, 15) is 9.59 Å². The van der Waals surface area contributed by atoms with Gasteiger partial charge in [0.15, 0.2) is 0 Å². The van der Waals surface area contributed by atoms with Gasteiger partial charge in [-0.15, -0.1) is 0 Å². The predicted octanol–water partition coefficient (Wildman–Crippen LogP) is -0.881. The third-order valence-corrected chi connectivity index (χ3v) is 2.04. The fourth-order valence-corrected chi connectivity index (χ4v) is 1.20. The standard InChI is InChI=1S/C9H17N3O2/c1-6(4-8(10)13)12-9(14)5-11-7-2-3-7/h6-7,11H,2-5H2,1H3,(H2,10,13)(H,12,14). The van der Waals surface area contributed by atoms with Crippen LogP contribution in [0.25, 0.3) is 0 Å². The van der Waals surface area contributed by atoms with Gasteiger partial charge in [0.1, 0.15) is 0 Å². The lowest BCUT2D eigenvalue weighted by Crippen LogP contribution is -2.41. The first-order valence-electron chi connectivity index (χ1n) is 4.89. The lowest BCUT2D eigenvalue weighted by molar-refractivity contribution is -0.121. The number of nitrogens with two attached hydrogens (primary N) is 1. The maximum Gasteiger partial charge on any atom is 0.234 e. The smallest absolute Gasteiger partial charge is 0.234 e. The van der Waals surface area contributed by atoms with Crippen molar-refractivity contribution in [2.45, 2.75) is 38.3 Å². The van der Waals surface area contributed by atoms with E-state index in [0.29, 0.717) is 12.6 Å². The summed E-state index contributed by atoms with van der Waals surface area (Å²) >= 11 is 0. The number of hydrogen-bond acceptors (Lipinski definition) is 3. The second kappa shape index (κ2) is 4.95. The Kier molecular flexibility index (Phi) is 3.88. The summed E-state index contributed by atoms with van der Waals surface area (Å²) in [4.78, 5) is 21.8. The quantitative estimate of drug-likeness (QED) is 0.519. The summed E-state index contributed by atoms with van der Waals surface area (Å²) in [6, 6.07) is 0.341. The van der Waals surface area contributed by atoms with Crippen LogP contribution in [0.5, 0.6) is 0 Å². The van der Waals surface area contributed by atoms with E-state index in [4.69, 9.17) is 5.73 Å². The summed E-state index contributed by atoms with van der Waals surface area (Å²) in [5, 5.41) is 5.78. The Morgan fingerprint density at radius 3 is 2.64 bits per heavy atom. The average molecular weight is 199 g/mol. The zero-order valence-electron chi connectivity index (χ0n) is 8.38. The van der Waals surface area contributed by atoms with Crippen molar-refractivity contribution < 1.29 is 9.59 Å². The molecule has 1 fully saturated rings. The second-order valence-corrected chi connectivity index (χ2v) is 3.79. The number of carbonyl (C=O) groups excluding carboxylic acids is 2. The molecule has 0 aromatic carbocycles. The van der Waals surface area contributed by atoms with Gasteiger partial charge in [0, 0.05) is 18.5 Å². The monoisotopic (exact) mass is 199 g/mol. The Morgan fingerprint density at radius 1 is 1.50 bits per heavy atom. The third kappa shape index (κ3) is 4.81. The summed E-state index contributed by atoms with van der Waals surface area (Å²) in [6.07, 6.45) is 2.50. The van der Waals surface area contributed by atoms with Crippen LogP contribution < -0.4 is 16.4 Å². The number of amides is 2. The maximum absolute atomic E-state index is 11.2. The fraction of sp³-hybridized carbons (Fsp3) is 0.778. The van der Waals surface area contributed by atoms with Gasteiger partial charge < -0.3 is 16.4 Å². The van der Waals surface area contributed by atoms with Gasteiger partial charge in [-0.1, -0.05) is 0 Å². The number of nitrogens with one attached hydrogen (secondary N) is 2. The first kappa shape index (κ1) is 11.0. The van der Waals surface area contributed by atoms with Crippen LogP contribution in [0.3, 0.4) is 0 Å². The van der Waals surface area contributed by atoms with Gasteiger partial charge in [0.05, 0.1) is 6.54 Å². The van der Waals surface area contributed by atoms with E-state index < -0.39 is 5.91 Å². The van der Waals surface area contributed by atoms with Crippen LogP contribution in [0.2, 0.25) is 0 Å². The molecule has 0 bridgehead atoms. The Labute approximate surface area is 83.4 Å². The molecule has 5 nitrogen and oxygen atoms in total. The molecule has 1 unspecified atom stereocenters.